The Morgan fingerprint density at radius 2 is 2.03 bits per heavy atom. The summed E-state index contributed by atoms with van der Waals surface area (Å²) < 4.78 is 34.5. The minimum absolute atomic E-state index is 0.0632. The zero-order chi connectivity index (χ0) is 21.1. The predicted octanol–water partition coefficient (Wildman–Crippen LogP) is 2.92. The molecule has 0 saturated heterocycles. The number of pyridine rings is 1. The molecule has 1 amide bonds. The topological polar surface area (TPSA) is 115 Å². The molecule has 1 aromatic carbocycles. The summed E-state index contributed by atoms with van der Waals surface area (Å²) in [7, 11) is -3.74. The highest BCUT2D eigenvalue weighted by Crippen LogP contribution is 2.20. The molecular weight excluding hydrogens is 426 g/mol. The van der Waals surface area contributed by atoms with Gasteiger partial charge in [-0.15, -0.1) is 11.3 Å². The average molecular weight is 444 g/mol. The van der Waals surface area contributed by atoms with E-state index in [0.717, 1.165) is 5.69 Å². The van der Waals surface area contributed by atoms with Crippen LogP contribution in [0.25, 0.3) is 5.65 Å². The molecule has 0 atom stereocenters. The highest BCUT2D eigenvalue weighted by molar-refractivity contribution is 7.93. The van der Waals surface area contributed by atoms with Gasteiger partial charge >= 0.3 is 0 Å². The molecule has 0 radical (unpaired) electrons. The van der Waals surface area contributed by atoms with Gasteiger partial charge < -0.3 is 14.5 Å². The summed E-state index contributed by atoms with van der Waals surface area (Å²) in [6.45, 7) is 1.66. The number of nitrogens with zero attached hydrogens (tertiary/aromatic N) is 3. The zero-order valence-corrected chi connectivity index (χ0v) is 17.4. The Bertz CT molecular complexity index is 1280. The van der Waals surface area contributed by atoms with E-state index < -0.39 is 10.0 Å². The molecule has 30 heavy (non-hydrogen) atoms. The van der Waals surface area contributed by atoms with Crippen molar-refractivity contribution in [3.8, 4) is 5.75 Å². The number of thiazole rings is 1. The number of carbonyl (C=O) groups is 1. The van der Waals surface area contributed by atoms with Crippen molar-refractivity contribution < 1.29 is 17.9 Å². The Balaban J connectivity index is 1.37. The molecular formula is C19H17N5O4S2. The summed E-state index contributed by atoms with van der Waals surface area (Å²) in [5.41, 5.74) is 1.92. The van der Waals surface area contributed by atoms with E-state index in [4.69, 9.17) is 4.74 Å². The lowest BCUT2D eigenvalue weighted by molar-refractivity contribution is -0.118. The number of imidazole rings is 1. The van der Waals surface area contributed by atoms with E-state index in [1.807, 2.05) is 23.7 Å². The summed E-state index contributed by atoms with van der Waals surface area (Å²) in [6, 6.07) is 9.37. The first-order chi connectivity index (χ1) is 14.4. The number of aryl methyl sites for hydroxylation is 1. The minimum atomic E-state index is -3.74. The first kappa shape index (κ1) is 19.9. The molecule has 0 aliphatic carbocycles. The van der Waals surface area contributed by atoms with Crippen molar-refractivity contribution in [2.45, 2.75) is 11.8 Å². The van der Waals surface area contributed by atoms with Crippen LogP contribution in [0.4, 0.5) is 10.8 Å². The van der Waals surface area contributed by atoms with Crippen LogP contribution >= 0.6 is 11.3 Å². The molecule has 3 aromatic heterocycles. The maximum atomic E-state index is 12.3. The van der Waals surface area contributed by atoms with Gasteiger partial charge in [-0.25, -0.2) is 18.4 Å². The first-order valence-electron chi connectivity index (χ1n) is 8.80. The third-order valence-electron chi connectivity index (χ3n) is 4.03. The van der Waals surface area contributed by atoms with Crippen molar-refractivity contribution in [1.82, 2.24) is 14.4 Å². The SMILES string of the molecule is Cc1cn2cccc(OCC(=O)Nc3ccc(S(=O)(=O)Nc4nccs4)cc3)c2n1. The molecule has 3 heterocycles. The van der Waals surface area contributed by atoms with E-state index in [1.54, 1.807) is 17.5 Å². The number of nitrogens with one attached hydrogen (secondary N) is 2. The molecule has 154 valence electrons. The van der Waals surface area contributed by atoms with Crippen LogP contribution in [-0.2, 0) is 14.8 Å². The predicted molar refractivity (Wildman–Crippen MR) is 113 cm³/mol. The summed E-state index contributed by atoms with van der Waals surface area (Å²) in [4.78, 5) is 20.6. The van der Waals surface area contributed by atoms with Gasteiger partial charge in [0.15, 0.2) is 23.1 Å². The van der Waals surface area contributed by atoms with Gasteiger partial charge in [0.25, 0.3) is 15.9 Å². The number of aromatic nitrogens is 3. The molecule has 0 bridgehead atoms. The second kappa shape index (κ2) is 8.13. The second-order valence-corrected chi connectivity index (χ2v) is 8.87. The molecule has 0 unspecified atom stereocenters. The fourth-order valence-electron chi connectivity index (χ4n) is 2.73. The third-order valence-corrected chi connectivity index (χ3v) is 6.20. The number of anilines is 2. The number of rotatable bonds is 7. The van der Waals surface area contributed by atoms with Gasteiger partial charge in [-0.2, -0.15) is 0 Å². The van der Waals surface area contributed by atoms with Crippen molar-refractivity contribution in [3.05, 3.63) is 66.1 Å². The van der Waals surface area contributed by atoms with Crippen molar-refractivity contribution in [3.63, 3.8) is 0 Å². The molecule has 0 spiro atoms. The van der Waals surface area contributed by atoms with Gasteiger partial charge in [-0.05, 0) is 43.3 Å². The van der Waals surface area contributed by atoms with Gasteiger partial charge in [0, 0.05) is 29.7 Å². The maximum absolute atomic E-state index is 12.3. The van der Waals surface area contributed by atoms with Crippen LogP contribution < -0.4 is 14.8 Å². The van der Waals surface area contributed by atoms with E-state index in [1.165, 1.54) is 41.8 Å². The molecule has 2 N–H and O–H groups in total. The van der Waals surface area contributed by atoms with Gasteiger partial charge in [-0.1, -0.05) is 0 Å². The summed E-state index contributed by atoms with van der Waals surface area (Å²) in [6.07, 6.45) is 5.22. The molecule has 0 aliphatic heterocycles. The first-order valence-corrected chi connectivity index (χ1v) is 11.2. The van der Waals surface area contributed by atoms with Gasteiger partial charge in [0.05, 0.1) is 10.6 Å². The number of carbonyl (C=O) groups excluding carboxylic acids is 1. The summed E-state index contributed by atoms with van der Waals surface area (Å²) in [5, 5.41) is 4.63. The molecule has 0 fully saturated rings. The van der Waals surface area contributed by atoms with E-state index in [-0.39, 0.29) is 22.5 Å². The van der Waals surface area contributed by atoms with Crippen LogP contribution in [0.5, 0.6) is 5.75 Å². The number of ether oxygens (including phenoxy) is 1. The smallest absolute Gasteiger partial charge is 0.263 e. The Labute approximate surface area is 176 Å². The van der Waals surface area contributed by atoms with Crippen molar-refractivity contribution in [2.24, 2.45) is 0 Å². The summed E-state index contributed by atoms with van der Waals surface area (Å²) >= 11 is 1.18. The van der Waals surface area contributed by atoms with Crippen LogP contribution in [0, 0.1) is 6.92 Å². The van der Waals surface area contributed by atoms with E-state index in [0.29, 0.717) is 17.1 Å². The van der Waals surface area contributed by atoms with Crippen LogP contribution in [0.2, 0.25) is 0 Å². The Morgan fingerprint density at radius 1 is 1.23 bits per heavy atom. The van der Waals surface area contributed by atoms with Crippen molar-refractivity contribution in [2.75, 3.05) is 16.6 Å². The fourth-order valence-corrected chi connectivity index (χ4v) is 4.52. The normalized spacial score (nSPS) is 11.4. The third kappa shape index (κ3) is 4.42. The molecule has 4 rings (SSSR count). The molecule has 11 heteroatoms. The Hall–Kier alpha value is -3.44. The van der Waals surface area contributed by atoms with E-state index >= 15 is 0 Å². The molecule has 4 aromatic rings. The Morgan fingerprint density at radius 3 is 2.77 bits per heavy atom. The quantitative estimate of drug-likeness (QED) is 0.454. The number of fused-ring (bicyclic) bond motifs is 1. The van der Waals surface area contributed by atoms with Gasteiger partial charge in [0.1, 0.15) is 0 Å². The lowest BCUT2D eigenvalue weighted by Gasteiger charge is -2.09. The largest absolute Gasteiger partial charge is 0.480 e. The number of amides is 1. The van der Waals surface area contributed by atoms with Crippen LogP contribution in [-0.4, -0.2) is 35.3 Å². The van der Waals surface area contributed by atoms with Crippen LogP contribution in [0.1, 0.15) is 5.69 Å². The van der Waals surface area contributed by atoms with Crippen LogP contribution in [0.15, 0.2) is 65.3 Å². The molecule has 0 saturated carbocycles. The number of benzene rings is 1. The second-order valence-electron chi connectivity index (χ2n) is 6.29. The standard InChI is InChI=1S/C19H17N5O4S2/c1-13-11-24-9-2-3-16(18(24)21-13)28-12-17(25)22-14-4-6-15(7-5-14)30(26,27)23-19-20-8-10-29-19/h2-11H,12H2,1H3,(H,20,23)(H,22,25). The minimum Gasteiger partial charge on any atom is -0.480 e. The number of hydrogen-bond donors (Lipinski definition) is 2. The van der Waals surface area contributed by atoms with E-state index in [9.17, 15) is 13.2 Å². The Kier molecular flexibility index (Phi) is 5.38. The van der Waals surface area contributed by atoms with Crippen molar-refractivity contribution in [1.29, 1.82) is 0 Å². The van der Waals surface area contributed by atoms with Crippen LogP contribution in [0.3, 0.4) is 0 Å². The lowest BCUT2D eigenvalue weighted by Crippen LogP contribution is -2.20. The number of hydrogen-bond acceptors (Lipinski definition) is 7. The fraction of sp³-hybridized carbons (Fsp3) is 0.105. The van der Waals surface area contributed by atoms with Gasteiger partial charge in [0.2, 0.25) is 0 Å². The monoisotopic (exact) mass is 443 g/mol. The van der Waals surface area contributed by atoms with Crippen molar-refractivity contribution >= 4 is 43.7 Å². The summed E-state index contributed by atoms with van der Waals surface area (Å²) in [5.74, 6) is 0.118. The lowest BCUT2D eigenvalue weighted by atomic mass is 10.3. The average Bonchev–Trinajstić information content (AvgIpc) is 3.35. The zero-order valence-electron chi connectivity index (χ0n) is 15.8. The maximum Gasteiger partial charge on any atom is 0.263 e. The van der Waals surface area contributed by atoms with E-state index in [2.05, 4.69) is 20.0 Å². The highest BCUT2D eigenvalue weighted by Gasteiger charge is 2.15. The molecule has 0 aliphatic rings. The number of sulfonamides is 1. The molecule has 9 nitrogen and oxygen atoms in total. The van der Waals surface area contributed by atoms with Gasteiger partial charge in [-0.3, -0.25) is 9.52 Å². The highest BCUT2D eigenvalue weighted by atomic mass is 32.2.